The van der Waals surface area contributed by atoms with Crippen molar-refractivity contribution in [2.24, 2.45) is 0 Å². The second kappa shape index (κ2) is 8.33. The highest BCUT2D eigenvalue weighted by Crippen LogP contribution is 2.21. The van der Waals surface area contributed by atoms with Gasteiger partial charge in [-0.1, -0.05) is 38.2 Å². The lowest BCUT2D eigenvalue weighted by Crippen LogP contribution is -2.44. The number of nitrogens with zero attached hydrogens (tertiary/aromatic N) is 1. The first-order chi connectivity index (χ1) is 9.44. The summed E-state index contributed by atoms with van der Waals surface area (Å²) in [6.07, 6.45) is 11.0. The van der Waals surface area contributed by atoms with Crippen LogP contribution in [-0.4, -0.2) is 29.2 Å². The molecule has 0 aromatic carbocycles. The van der Waals surface area contributed by atoms with Crippen molar-refractivity contribution >= 4 is 6.09 Å². The van der Waals surface area contributed by atoms with Crippen LogP contribution < -0.4 is 0 Å². The molecule has 1 rings (SSSR count). The summed E-state index contributed by atoms with van der Waals surface area (Å²) in [7, 11) is 0. The van der Waals surface area contributed by atoms with Crippen molar-refractivity contribution in [3.8, 4) is 0 Å². The van der Waals surface area contributed by atoms with E-state index in [1.807, 2.05) is 31.7 Å². The van der Waals surface area contributed by atoms with E-state index in [-0.39, 0.29) is 12.1 Å². The Kier molecular flexibility index (Phi) is 7.11. The Balaban J connectivity index is 2.74. The van der Waals surface area contributed by atoms with Gasteiger partial charge in [-0.3, -0.25) is 0 Å². The highest BCUT2D eigenvalue weighted by molar-refractivity contribution is 5.68. The number of rotatable bonds is 2. The van der Waals surface area contributed by atoms with E-state index in [1.165, 1.54) is 32.1 Å². The highest BCUT2D eigenvalue weighted by Gasteiger charge is 2.27. The van der Waals surface area contributed by atoms with Gasteiger partial charge in [0.2, 0.25) is 0 Å². The molecule has 0 saturated carbocycles. The fraction of sp³-hybridized carbons (Fsp3) is 0.824. The van der Waals surface area contributed by atoms with Crippen molar-refractivity contribution in [3.63, 3.8) is 0 Å². The van der Waals surface area contributed by atoms with Crippen LogP contribution in [0.1, 0.15) is 72.1 Å². The van der Waals surface area contributed by atoms with Crippen molar-refractivity contribution < 1.29 is 9.53 Å². The van der Waals surface area contributed by atoms with E-state index >= 15 is 0 Å². The second-order valence-electron chi connectivity index (χ2n) is 6.76. The van der Waals surface area contributed by atoms with E-state index in [1.54, 1.807) is 0 Å². The fourth-order valence-corrected chi connectivity index (χ4v) is 2.71. The van der Waals surface area contributed by atoms with Crippen LogP contribution in [0, 0.1) is 0 Å². The van der Waals surface area contributed by atoms with Crippen LogP contribution in [0.4, 0.5) is 4.79 Å². The normalized spacial score (nSPS) is 22.1. The molecule has 0 aromatic heterocycles. The molecule has 0 N–H and O–H groups in total. The zero-order valence-electron chi connectivity index (χ0n) is 13.5. The van der Waals surface area contributed by atoms with Crippen LogP contribution in [-0.2, 0) is 4.74 Å². The Morgan fingerprint density at radius 3 is 2.40 bits per heavy atom. The molecular weight excluding hydrogens is 250 g/mol. The number of hydrogen-bond donors (Lipinski definition) is 0. The second-order valence-corrected chi connectivity index (χ2v) is 6.76. The standard InChI is InChI=1S/C17H31NO2/c1-5-12-15-13-10-8-6-7-9-11-14-18(15)16(19)20-17(2,3)4/h5,15H,1,6-14H2,2-4H3. The summed E-state index contributed by atoms with van der Waals surface area (Å²) in [6.45, 7) is 10.4. The van der Waals surface area contributed by atoms with Crippen LogP contribution in [0.3, 0.4) is 0 Å². The van der Waals surface area contributed by atoms with Crippen LogP contribution in [0.25, 0.3) is 0 Å². The summed E-state index contributed by atoms with van der Waals surface area (Å²) < 4.78 is 5.57. The van der Waals surface area contributed by atoms with Crippen molar-refractivity contribution in [2.45, 2.75) is 83.8 Å². The van der Waals surface area contributed by atoms with Gasteiger partial charge in [0.15, 0.2) is 0 Å². The quantitative estimate of drug-likeness (QED) is 0.673. The summed E-state index contributed by atoms with van der Waals surface area (Å²) in [5.74, 6) is 0. The molecule has 20 heavy (non-hydrogen) atoms. The molecule has 3 heteroatoms. The molecule has 0 aliphatic carbocycles. The number of hydrogen-bond acceptors (Lipinski definition) is 2. The van der Waals surface area contributed by atoms with E-state index in [0.717, 1.165) is 25.8 Å². The first-order valence-electron chi connectivity index (χ1n) is 8.04. The first-order valence-corrected chi connectivity index (χ1v) is 8.04. The number of amides is 1. The van der Waals surface area contributed by atoms with Gasteiger partial charge in [-0.2, -0.15) is 0 Å². The summed E-state index contributed by atoms with van der Waals surface area (Å²) in [5.41, 5.74) is -0.425. The third kappa shape index (κ3) is 6.44. The molecule has 0 radical (unpaired) electrons. The Morgan fingerprint density at radius 2 is 1.80 bits per heavy atom. The zero-order valence-corrected chi connectivity index (χ0v) is 13.5. The number of ether oxygens (including phenoxy) is 1. The van der Waals surface area contributed by atoms with Crippen LogP contribution in [0.15, 0.2) is 12.7 Å². The zero-order chi connectivity index (χ0) is 15.0. The molecule has 0 spiro atoms. The lowest BCUT2D eigenvalue weighted by molar-refractivity contribution is 0.0144. The number of carbonyl (C=O) groups is 1. The Hall–Kier alpha value is -0.990. The molecule has 1 aliphatic heterocycles. The topological polar surface area (TPSA) is 29.5 Å². The van der Waals surface area contributed by atoms with Crippen molar-refractivity contribution in [3.05, 3.63) is 12.7 Å². The fourth-order valence-electron chi connectivity index (χ4n) is 2.71. The summed E-state index contributed by atoms with van der Waals surface area (Å²) in [4.78, 5) is 14.4. The summed E-state index contributed by atoms with van der Waals surface area (Å²) in [5, 5.41) is 0. The van der Waals surface area contributed by atoms with Gasteiger partial charge in [0, 0.05) is 12.6 Å². The highest BCUT2D eigenvalue weighted by atomic mass is 16.6. The minimum Gasteiger partial charge on any atom is -0.444 e. The predicted octanol–water partition coefficient (Wildman–Crippen LogP) is 4.91. The summed E-state index contributed by atoms with van der Waals surface area (Å²) in [6, 6.07) is 0.250. The van der Waals surface area contributed by atoms with Crippen molar-refractivity contribution in [1.29, 1.82) is 0 Å². The SMILES string of the molecule is C=CCC1CCCCCCCCN1C(=O)OC(C)(C)C. The molecule has 1 atom stereocenters. The molecule has 116 valence electrons. The third-order valence-electron chi connectivity index (χ3n) is 3.69. The van der Waals surface area contributed by atoms with Gasteiger partial charge in [-0.25, -0.2) is 4.79 Å². The van der Waals surface area contributed by atoms with Gasteiger partial charge >= 0.3 is 6.09 Å². The van der Waals surface area contributed by atoms with E-state index < -0.39 is 5.60 Å². The van der Waals surface area contributed by atoms with Crippen LogP contribution >= 0.6 is 0 Å². The van der Waals surface area contributed by atoms with Gasteiger partial charge in [-0.15, -0.1) is 6.58 Å². The molecule has 1 saturated heterocycles. The summed E-state index contributed by atoms with van der Waals surface area (Å²) >= 11 is 0. The minimum atomic E-state index is -0.425. The molecule has 1 unspecified atom stereocenters. The average Bonchev–Trinajstić information content (AvgIpc) is 2.34. The Labute approximate surface area is 124 Å². The van der Waals surface area contributed by atoms with Gasteiger partial charge < -0.3 is 9.64 Å². The molecular formula is C17H31NO2. The van der Waals surface area contributed by atoms with Gasteiger partial charge in [-0.05, 0) is 40.0 Å². The molecule has 1 aliphatic rings. The Morgan fingerprint density at radius 1 is 1.20 bits per heavy atom. The number of carbonyl (C=O) groups excluding carboxylic acids is 1. The largest absolute Gasteiger partial charge is 0.444 e. The molecule has 1 heterocycles. The predicted molar refractivity (Wildman–Crippen MR) is 83.9 cm³/mol. The molecule has 1 fully saturated rings. The first kappa shape index (κ1) is 17.1. The van der Waals surface area contributed by atoms with Crippen molar-refractivity contribution in [2.75, 3.05) is 6.54 Å². The van der Waals surface area contributed by atoms with Gasteiger partial charge in [0.05, 0.1) is 0 Å². The van der Waals surface area contributed by atoms with E-state index in [4.69, 9.17) is 4.74 Å². The minimum absolute atomic E-state index is 0.162. The monoisotopic (exact) mass is 281 g/mol. The lowest BCUT2D eigenvalue weighted by Gasteiger charge is -2.34. The van der Waals surface area contributed by atoms with E-state index in [2.05, 4.69) is 6.58 Å². The molecule has 0 aromatic rings. The molecule has 0 bridgehead atoms. The van der Waals surface area contributed by atoms with Crippen LogP contribution in [0.5, 0.6) is 0 Å². The van der Waals surface area contributed by atoms with Gasteiger partial charge in [0.1, 0.15) is 5.60 Å². The third-order valence-corrected chi connectivity index (χ3v) is 3.69. The lowest BCUT2D eigenvalue weighted by atomic mass is 10.00. The van der Waals surface area contributed by atoms with E-state index in [9.17, 15) is 4.79 Å². The average molecular weight is 281 g/mol. The van der Waals surface area contributed by atoms with Crippen molar-refractivity contribution in [1.82, 2.24) is 4.90 Å². The van der Waals surface area contributed by atoms with E-state index in [0.29, 0.717) is 0 Å². The maximum atomic E-state index is 12.4. The molecule has 1 amide bonds. The maximum absolute atomic E-state index is 12.4. The smallest absolute Gasteiger partial charge is 0.410 e. The van der Waals surface area contributed by atoms with Gasteiger partial charge in [0.25, 0.3) is 0 Å². The molecule has 3 nitrogen and oxygen atoms in total. The Bertz CT molecular complexity index is 307. The maximum Gasteiger partial charge on any atom is 0.410 e. The van der Waals surface area contributed by atoms with Crippen LogP contribution in [0.2, 0.25) is 0 Å².